The van der Waals surface area contributed by atoms with Gasteiger partial charge >= 0.3 is 5.97 Å². The quantitative estimate of drug-likeness (QED) is 0.438. The molecule has 26 heavy (non-hydrogen) atoms. The van der Waals surface area contributed by atoms with E-state index in [4.69, 9.17) is 9.84 Å². The summed E-state index contributed by atoms with van der Waals surface area (Å²) in [7, 11) is 0. The summed E-state index contributed by atoms with van der Waals surface area (Å²) in [6, 6.07) is 6.40. The third-order valence-corrected chi connectivity index (χ3v) is 4.88. The zero-order valence-electron chi connectivity index (χ0n) is 14.8. The van der Waals surface area contributed by atoms with Gasteiger partial charge in [0, 0.05) is 17.9 Å². The van der Waals surface area contributed by atoms with Gasteiger partial charge in [-0.15, -0.1) is 0 Å². The summed E-state index contributed by atoms with van der Waals surface area (Å²) < 4.78 is 19.2. The van der Waals surface area contributed by atoms with Crippen molar-refractivity contribution in [3.63, 3.8) is 0 Å². The average Bonchev–Trinajstić information content (AvgIpc) is 2.86. The van der Waals surface area contributed by atoms with Gasteiger partial charge in [-0.3, -0.25) is 4.79 Å². The lowest BCUT2D eigenvalue weighted by molar-refractivity contribution is -0.137. The van der Waals surface area contributed by atoms with E-state index in [0.29, 0.717) is 31.2 Å². The number of carboxylic acids is 1. The maximum atomic E-state index is 13.6. The monoisotopic (exact) mass is 366 g/mol. The van der Waals surface area contributed by atoms with Crippen LogP contribution in [-0.2, 0) is 16.1 Å². The van der Waals surface area contributed by atoms with Crippen LogP contribution in [0.4, 0.5) is 4.39 Å². The molecule has 0 unspecified atom stereocenters. The molecule has 1 aliphatic rings. The molecular weight excluding hydrogens is 339 g/mol. The van der Waals surface area contributed by atoms with E-state index >= 15 is 0 Å². The molecule has 0 radical (unpaired) electrons. The molecule has 1 fully saturated rings. The number of aliphatic hydroxyl groups is 2. The molecule has 3 N–H and O–H groups in total. The zero-order chi connectivity index (χ0) is 18.9. The highest BCUT2D eigenvalue weighted by Gasteiger charge is 2.40. The first-order valence-corrected chi connectivity index (χ1v) is 9.03. The van der Waals surface area contributed by atoms with E-state index < -0.39 is 18.2 Å². The van der Waals surface area contributed by atoms with Gasteiger partial charge in [-0.25, -0.2) is 4.39 Å². The van der Waals surface area contributed by atoms with Crippen molar-refractivity contribution in [1.82, 2.24) is 0 Å². The van der Waals surface area contributed by atoms with Crippen molar-refractivity contribution in [2.24, 2.45) is 11.8 Å². The highest BCUT2D eigenvalue weighted by Crippen LogP contribution is 2.35. The molecule has 6 heteroatoms. The fourth-order valence-corrected chi connectivity index (χ4v) is 3.40. The number of aliphatic carboxylic acids is 1. The van der Waals surface area contributed by atoms with Crippen LogP contribution in [0.25, 0.3) is 0 Å². The minimum atomic E-state index is -0.806. The summed E-state index contributed by atoms with van der Waals surface area (Å²) in [5, 5.41) is 29.0. The molecule has 1 aromatic carbocycles. The van der Waals surface area contributed by atoms with Crippen LogP contribution >= 0.6 is 0 Å². The molecule has 0 saturated heterocycles. The molecule has 1 saturated carbocycles. The Morgan fingerprint density at radius 2 is 1.92 bits per heavy atom. The highest BCUT2D eigenvalue weighted by atomic mass is 19.1. The zero-order valence-corrected chi connectivity index (χ0v) is 14.8. The number of carbonyl (C=O) groups is 1. The Hall–Kier alpha value is -1.76. The number of hydrogen-bond acceptors (Lipinski definition) is 4. The lowest BCUT2D eigenvalue weighted by Gasteiger charge is -2.22. The molecule has 0 heterocycles. The van der Waals surface area contributed by atoms with Gasteiger partial charge in [0.15, 0.2) is 0 Å². The Kier molecular flexibility index (Phi) is 8.22. The molecule has 1 aromatic rings. The van der Waals surface area contributed by atoms with Crippen LogP contribution in [0, 0.1) is 17.7 Å². The van der Waals surface area contributed by atoms with Crippen LogP contribution in [0.5, 0.6) is 0 Å². The van der Waals surface area contributed by atoms with E-state index in [1.165, 1.54) is 6.07 Å². The first kappa shape index (κ1) is 20.6. The number of benzene rings is 1. The molecule has 4 atom stereocenters. The lowest BCUT2D eigenvalue weighted by Crippen LogP contribution is -2.26. The van der Waals surface area contributed by atoms with Gasteiger partial charge in [0.1, 0.15) is 5.82 Å². The van der Waals surface area contributed by atoms with Gasteiger partial charge in [-0.05, 0) is 37.7 Å². The smallest absolute Gasteiger partial charge is 0.303 e. The number of carboxylic acid groups (broad SMARTS) is 1. The first-order valence-electron chi connectivity index (χ1n) is 9.03. The van der Waals surface area contributed by atoms with Gasteiger partial charge in [0.05, 0.1) is 25.4 Å². The second-order valence-electron chi connectivity index (χ2n) is 6.80. The number of allylic oxidation sites excluding steroid dienone is 2. The van der Waals surface area contributed by atoms with Crippen LogP contribution in [0.2, 0.25) is 0 Å². The topological polar surface area (TPSA) is 87.0 Å². The van der Waals surface area contributed by atoms with E-state index in [1.807, 2.05) is 12.2 Å². The van der Waals surface area contributed by atoms with Gasteiger partial charge < -0.3 is 20.1 Å². The number of rotatable bonds is 10. The van der Waals surface area contributed by atoms with Crippen molar-refractivity contribution in [3.8, 4) is 0 Å². The van der Waals surface area contributed by atoms with E-state index in [2.05, 4.69) is 0 Å². The molecule has 0 aromatic heterocycles. The molecular formula is C20H27FO5. The number of unbranched alkanes of at least 4 members (excludes halogenated alkanes) is 1. The normalized spacial score (nSPS) is 25.8. The Labute approximate surface area is 153 Å². The van der Waals surface area contributed by atoms with Gasteiger partial charge in [-0.1, -0.05) is 30.4 Å². The van der Waals surface area contributed by atoms with E-state index in [-0.39, 0.29) is 37.3 Å². The number of ether oxygens (including phenoxy) is 1. The predicted octanol–water partition coefficient (Wildman–Crippen LogP) is 2.90. The molecule has 1 aliphatic carbocycles. The van der Waals surface area contributed by atoms with Crippen molar-refractivity contribution >= 4 is 5.97 Å². The Morgan fingerprint density at radius 3 is 2.65 bits per heavy atom. The summed E-state index contributed by atoms with van der Waals surface area (Å²) >= 11 is 0. The maximum absolute atomic E-state index is 13.6. The largest absolute Gasteiger partial charge is 0.481 e. The second-order valence-corrected chi connectivity index (χ2v) is 6.80. The van der Waals surface area contributed by atoms with Crippen molar-refractivity contribution in [2.45, 2.75) is 50.9 Å². The van der Waals surface area contributed by atoms with Gasteiger partial charge in [0.25, 0.3) is 0 Å². The average molecular weight is 366 g/mol. The number of hydrogen-bond donors (Lipinski definition) is 3. The van der Waals surface area contributed by atoms with Crippen LogP contribution in [0.1, 0.15) is 37.7 Å². The standard InChI is InChI=1S/C20H27FO5/c21-17-9-6-5-7-14(17)12-26-13-16-15(18(22)11-19(16)23)8-3-1-2-4-10-20(24)25/h1,3,5-7,9,15-16,18-19,22-23H,2,4,8,10-13H2,(H,24,25)/b3-1-/t15-,16-,18+,19+/m0/s1. The van der Waals surface area contributed by atoms with E-state index in [1.54, 1.807) is 18.2 Å². The molecule has 5 nitrogen and oxygen atoms in total. The van der Waals surface area contributed by atoms with Crippen LogP contribution < -0.4 is 0 Å². The Bertz CT molecular complexity index is 604. The van der Waals surface area contributed by atoms with Crippen LogP contribution in [0.15, 0.2) is 36.4 Å². The third kappa shape index (κ3) is 6.20. The van der Waals surface area contributed by atoms with Gasteiger partial charge in [-0.2, -0.15) is 0 Å². The minimum Gasteiger partial charge on any atom is -0.481 e. The molecule has 2 rings (SSSR count). The molecule has 0 bridgehead atoms. The lowest BCUT2D eigenvalue weighted by atomic mass is 9.91. The highest BCUT2D eigenvalue weighted by molar-refractivity contribution is 5.66. The molecule has 0 aliphatic heterocycles. The Morgan fingerprint density at radius 1 is 1.19 bits per heavy atom. The minimum absolute atomic E-state index is 0.124. The summed E-state index contributed by atoms with van der Waals surface area (Å²) in [6.07, 6.45) is 4.90. The number of halogens is 1. The van der Waals surface area contributed by atoms with Crippen molar-refractivity contribution < 1.29 is 29.2 Å². The fourth-order valence-electron chi connectivity index (χ4n) is 3.40. The maximum Gasteiger partial charge on any atom is 0.303 e. The van der Waals surface area contributed by atoms with Crippen molar-refractivity contribution in [1.29, 1.82) is 0 Å². The SMILES string of the molecule is O=C(O)CCC/C=C\C[C@H]1[C@H](COCc2ccccc2F)[C@H](O)C[C@H]1O. The summed E-state index contributed by atoms with van der Waals surface area (Å²) in [6.45, 7) is 0.383. The Balaban J connectivity index is 1.80. The van der Waals surface area contributed by atoms with Crippen molar-refractivity contribution in [2.75, 3.05) is 6.61 Å². The third-order valence-electron chi connectivity index (χ3n) is 4.88. The predicted molar refractivity (Wildman–Crippen MR) is 94.9 cm³/mol. The summed E-state index contributed by atoms with van der Waals surface area (Å²) in [5.41, 5.74) is 0.468. The fraction of sp³-hybridized carbons (Fsp3) is 0.550. The first-order chi connectivity index (χ1) is 12.5. The van der Waals surface area contributed by atoms with Crippen molar-refractivity contribution in [3.05, 3.63) is 47.8 Å². The van der Waals surface area contributed by atoms with Crippen LogP contribution in [-0.4, -0.2) is 40.1 Å². The van der Waals surface area contributed by atoms with E-state index in [9.17, 15) is 19.4 Å². The second kappa shape index (κ2) is 10.4. The number of aliphatic hydroxyl groups excluding tert-OH is 2. The summed E-state index contributed by atoms with van der Waals surface area (Å²) in [5.74, 6) is -1.46. The van der Waals surface area contributed by atoms with Crippen LogP contribution in [0.3, 0.4) is 0 Å². The summed E-state index contributed by atoms with van der Waals surface area (Å²) in [4.78, 5) is 10.5. The van der Waals surface area contributed by atoms with E-state index in [0.717, 1.165) is 0 Å². The molecule has 144 valence electrons. The molecule has 0 amide bonds. The van der Waals surface area contributed by atoms with Gasteiger partial charge in [0.2, 0.25) is 0 Å². The molecule has 0 spiro atoms.